The number of nitrogens with one attached hydrogen (secondary N) is 3. The maximum absolute atomic E-state index is 12.7. The summed E-state index contributed by atoms with van der Waals surface area (Å²) < 4.78 is 33.1. The van der Waals surface area contributed by atoms with Gasteiger partial charge < -0.3 is 15.4 Å². The molecule has 0 aromatic heterocycles. The van der Waals surface area contributed by atoms with Crippen LogP contribution < -0.4 is 20.1 Å². The van der Waals surface area contributed by atoms with Crippen molar-refractivity contribution in [3.63, 3.8) is 0 Å². The van der Waals surface area contributed by atoms with Crippen LogP contribution in [-0.2, 0) is 10.0 Å². The third-order valence-corrected chi connectivity index (χ3v) is 6.12. The number of rotatable bonds is 6. The van der Waals surface area contributed by atoms with E-state index in [1.54, 1.807) is 36.4 Å². The third-order valence-electron chi connectivity index (χ3n) is 4.54. The van der Waals surface area contributed by atoms with Crippen molar-refractivity contribution in [1.29, 1.82) is 0 Å². The lowest BCUT2D eigenvalue weighted by molar-refractivity contribution is 0.417. The second-order valence-electron chi connectivity index (χ2n) is 6.71. The average molecular weight is 442 g/mol. The Hall–Kier alpha value is -3.10. The first-order valence-corrected chi connectivity index (χ1v) is 11.1. The van der Waals surface area contributed by atoms with Gasteiger partial charge in [0.1, 0.15) is 5.75 Å². The van der Waals surface area contributed by atoms with E-state index in [4.69, 9.17) is 17.0 Å². The van der Waals surface area contributed by atoms with Crippen LogP contribution in [0.1, 0.15) is 11.1 Å². The number of para-hydroxylation sites is 2. The Bertz CT molecular complexity index is 1160. The molecule has 0 saturated heterocycles. The van der Waals surface area contributed by atoms with Crippen LogP contribution >= 0.6 is 12.2 Å². The summed E-state index contributed by atoms with van der Waals surface area (Å²) in [7, 11) is -2.27. The van der Waals surface area contributed by atoms with Gasteiger partial charge in [0.2, 0.25) is 0 Å². The van der Waals surface area contributed by atoms with Gasteiger partial charge in [0.25, 0.3) is 10.0 Å². The summed E-state index contributed by atoms with van der Waals surface area (Å²) in [5.74, 6) is 0.446. The zero-order valence-corrected chi connectivity index (χ0v) is 18.5. The molecule has 0 aliphatic rings. The molecule has 0 saturated carbocycles. The lowest BCUT2D eigenvalue weighted by Crippen LogP contribution is -2.19. The molecular weight excluding hydrogens is 418 g/mol. The lowest BCUT2D eigenvalue weighted by atomic mass is 10.1. The molecule has 0 spiro atoms. The van der Waals surface area contributed by atoms with Crippen molar-refractivity contribution < 1.29 is 13.2 Å². The first-order valence-electron chi connectivity index (χ1n) is 9.19. The maximum atomic E-state index is 12.7. The molecule has 0 amide bonds. The van der Waals surface area contributed by atoms with Crippen LogP contribution in [0.4, 0.5) is 17.1 Å². The maximum Gasteiger partial charge on any atom is 0.262 e. The van der Waals surface area contributed by atoms with Gasteiger partial charge in [0.15, 0.2) is 5.11 Å². The molecule has 3 aromatic carbocycles. The Balaban J connectivity index is 1.67. The van der Waals surface area contributed by atoms with E-state index >= 15 is 0 Å². The van der Waals surface area contributed by atoms with Gasteiger partial charge in [-0.2, -0.15) is 0 Å². The zero-order chi connectivity index (χ0) is 21.7. The normalized spacial score (nSPS) is 10.9. The first-order chi connectivity index (χ1) is 14.3. The summed E-state index contributed by atoms with van der Waals surface area (Å²) in [5, 5.41) is 6.60. The number of aryl methyl sites for hydroxylation is 2. The van der Waals surface area contributed by atoms with Crippen LogP contribution in [0.15, 0.2) is 71.6 Å². The van der Waals surface area contributed by atoms with Crippen molar-refractivity contribution in [2.75, 3.05) is 22.5 Å². The second kappa shape index (κ2) is 9.15. The molecular formula is C22H23N3O3S2. The minimum atomic E-state index is -3.75. The summed E-state index contributed by atoms with van der Waals surface area (Å²) in [6.45, 7) is 4.09. The van der Waals surface area contributed by atoms with Crippen molar-refractivity contribution >= 4 is 44.4 Å². The smallest absolute Gasteiger partial charge is 0.262 e. The van der Waals surface area contributed by atoms with Crippen molar-refractivity contribution in [2.45, 2.75) is 18.7 Å². The molecule has 0 aliphatic carbocycles. The van der Waals surface area contributed by atoms with Crippen molar-refractivity contribution in [3.05, 3.63) is 77.9 Å². The number of hydrogen-bond acceptors (Lipinski definition) is 4. The number of ether oxygens (including phenoxy) is 1. The average Bonchev–Trinajstić information content (AvgIpc) is 2.71. The molecule has 30 heavy (non-hydrogen) atoms. The van der Waals surface area contributed by atoms with Gasteiger partial charge in [-0.25, -0.2) is 8.42 Å². The fourth-order valence-electron chi connectivity index (χ4n) is 2.76. The molecule has 156 valence electrons. The van der Waals surface area contributed by atoms with Crippen LogP contribution in [0.25, 0.3) is 0 Å². The predicted octanol–water partition coefficient (Wildman–Crippen LogP) is 4.92. The quantitative estimate of drug-likeness (QED) is 0.471. The highest BCUT2D eigenvalue weighted by Gasteiger charge is 2.16. The Labute approximate surface area is 182 Å². The van der Waals surface area contributed by atoms with Crippen LogP contribution in [-0.4, -0.2) is 20.6 Å². The predicted molar refractivity (Wildman–Crippen MR) is 126 cm³/mol. The van der Waals surface area contributed by atoms with Gasteiger partial charge in [-0.15, -0.1) is 0 Å². The summed E-state index contributed by atoms with van der Waals surface area (Å²) in [5.41, 5.74) is 4.31. The molecule has 3 rings (SSSR count). The summed E-state index contributed by atoms with van der Waals surface area (Å²) >= 11 is 5.35. The van der Waals surface area contributed by atoms with Crippen LogP contribution in [0.3, 0.4) is 0 Å². The number of methoxy groups -OCH3 is 1. The Morgan fingerprint density at radius 2 is 1.50 bits per heavy atom. The van der Waals surface area contributed by atoms with Gasteiger partial charge in [0.05, 0.1) is 17.7 Å². The minimum absolute atomic E-state index is 0.131. The number of hydrogen-bond donors (Lipinski definition) is 3. The van der Waals surface area contributed by atoms with E-state index in [2.05, 4.69) is 15.4 Å². The monoisotopic (exact) mass is 441 g/mol. The first kappa shape index (κ1) is 21.6. The fourth-order valence-corrected chi connectivity index (χ4v) is 4.07. The van der Waals surface area contributed by atoms with Gasteiger partial charge in [-0.3, -0.25) is 4.72 Å². The van der Waals surface area contributed by atoms with Crippen molar-refractivity contribution in [2.24, 2.45) is 0 Å². The number of benzene rings is 3. The van der Waals surface area contributed by atoms with Gasteiger partial charge >= 0.3 is 0 Å². The molecule has 0 radical (unpaired) electrons. The van der Waals surface area contributed by atoms with E-state index in [0.29, 0.717) is 22.2 Å². The number of anilines is 3. The molecule has 0 atom stereocenters. The topological polar surface area (TPSA) is 79.5 Å². The molecule has 0 heterocycles. The molecule has 0 bridgehead atoms. The van der Waals surface area contributed by atoms with Crippen molar-refractivity contribution in [1.82, 2.24) is 0 Å². The second-order valence-corrected chi connectivity index (χ2v) is 8.80. The Kier molecular flexibility index (Phi) is 6.59. The highest BCUT2D eigenvalue weighted by molar-refractivity contribution is 7.92. The van der Waals surface area contributed by atoms with Gasteiger partial charge in [0, 0.05) is 11.4 Å². The Morgan fingerprint density at radius 1 is 0.867 bits per heavy atom. The van der Waals surface area contributed by atoms with Gasteiger partial charge in [-0.05, 0) is 85.7 Å². The molecule has 0 unspecified atom stereocenters. The third kappa shape index (κ3) is 5.28. The number of sulfonamides is 1. The summed E-state index contributed by atoms with van der Waals surface area (Å²) in [4.78, 5) is 0.131. The molecule has 0 aliphatic heterocycles. The van der Waals surface area contributed by atoms with E-state index in [-0.39, 0.29) is 4.90 Å². The zero-order valence-electron chi connectivity index (χ0n) is 16.9. The van der Waals surface area contributed by atoms with E-state index in [1.807, 2.05) is 32.0 Å². The van der Waals surface area contributed by atoms with Crippen LogP contribution in [0.5, 0.6) is 5.75 Å². The van der Waals surface area contributed by atoms with Gasteiger partial charge in [-0.1, -0.05) is 18.2 Å². The molecule has 6 nitrogen and oxygen atoms in total. The number of thiocarbonyl (C=S) groups is 1. The minimum Gasteiger partial charge on any atom is -0.495 e. The van der Waals surface area contributed by atoms with Crippen molar-refractivity contribution in [3.8, 4) is 5.75 Å². The standard InChI is InChI=1S/C22H23N3O3S2/c1-15-8-9-18(14-16(15)2)24-22(29)23-17-10-12-19(13-11-17)30(26,27)25-20-6-4-5-7-21(20)28-3/h4-14,25H,1-3H3,(H2,23,24,29). The van der Waals surface area contributed by atoms with E-state index in [9.17, 15) is 8.42 Å². The largest absolute Gasteiger partial charge is 0.495 e. The Morgan fingerprint density at radius 3 is 2.17 bits per heavy atom. The molecule has 3 aromatic rings. The highest BCUT2D eigenvalue weighted by atomic mass is 32.2. The molecule has 8 heteroatoms. The van der Waals surface area contributed by atoms with Crippen LogP contribution in [0.2, 0.25) is 0 Å². The van der Waals surface area contributed by atoms with E-state index in [1.165, 1.54) is 30.4 Å². The van der Waals surface area contributed by atoms with E-state index < -0.39 is 10.0 Å². The summed E-state index contributed by atoms with van der Waals surface area (Å²) in [6.07, 6.45) is 0. The molecule has 3 N–H and O–H groups in total. The highest BCUT2D eigenvalue weighted by Crippen LogP contribution is 2.26. The lowest BCUT2D eigenvalue weighted by Gasteiger charge is -2.13. The van der Waals surface area contributed by atoms with E-state index in [0.717, 1.165) is 5.69 Å². The fraction of sp³-hybridized carbons (Fsp3) is 0.136. The summed E-state index contributed by atoms with van der Waals surface area (Å²) in [6, 6.07) is 19.2. The molecule has 0 fully saturated rings. The van der Waals surface area contributed by atoms with Crippen LogP contribution in [0, 0.1) is 13.8 Å². The SMILES string of the molecule is COc1ccccc1NS(=O)(=O)c1ccc(NC(=S)Nc2ccc(C)c(C)c2)cc1.